The first-order chi connectivity index (χ1) is 7.90. The Morgan fingerprint density at radius 1 is 1.53 bits per heavy atom. The molecule has 17 heavy (non-hydrogen) atoms. The molecule has 2 N–H and O–H groups in total. The van der Waals surface area contributed by atoms with Crippen LogP contribution in [0, 0.1) is 0 Å². The molecule has 2 heterocycles. The van der Waals surface area contributed by atoms with E-state index in [2.05, 4.69) is 5.16 Å². The second-order valence-corrected chi connectivity index (χ2v) is 5.07. The normalized spacial score (nSPS) is 14.9. The fourth-order valence-electron chi connectivity index (χ4n) is 1.72. The van der Waals surface area contributed by atoms with E-state index in [1.807, 2.05) is 20.8 Å². The van der Waals surface area contributed by atoms with Crippen molar-refractivity contribution in [2.75, 3.05) is 0 Å². The van der Waals surface area contributed by atoms with Crippen molar-refractivity contribution in [1.29, 1.82) is 0 Å². The van der Waals surface area contributed by atoms with E-state index < -0.39 is 5.60 Å². The number of rotatable bonds is 1. The largest absolute Gasteiger partial charge is 0.444 e. The number of amides is 1. The monoisotopic (exact) mass is 239 g/mol. The minimum atomic E-state index is -0.490. The molecule has 1 aromatic rings. The van der Waals surface area contributed by atoms with E-state index in [1.54, 1.807) is 4.90 Å². The Bertz CT molecular complexity index is 434. The second-order valence-electron chi connectivity index (χ2n) is 5.07. The zero-order chi connectivity index (χ0) is 12.6. The van der Waals surface area contributed by atoms with E-state index in [9.17, 15) is 4.79 Å². The zero-order valence-electron chi connectivity index (χ0n) is 10.3. The van der Waals surface area contributed by atoms with Gasteiger partial charge in [-0.2, -0.15) is 0 Å². The van der Waals surface area contributed by atoms with Gasteiger partial charge in [0.25, 0.3) is 0 Å². The fourth-order valence-corrected chi connectivity index (χ4v) is 1.72. The van der Waals surface area contributed by atoms with Gasteiger partial charge in [0.15, 0.2) is 5.76 Å². The number of nitrogens with zero attached hydrogens (tertiary/aromatic N) is 2. The van der Waals surface area contributed by atoms with E-state index in [0.717, 1.165) is 5.56 Å². The Labute approximate surface area is 99.7 Å². The van der Waals surface area contributed by atoms with E-state index in [0.29, 0.717) is 31.1 Å². The molecule has 0 saturated carbocycles. The van der Waals surface area contributed by atoms with Crippen molar-refractivity contribution < 1.29 is 14.1 Å². The molecule has 0 radical (unpaired) electrons. The van der Waals surface area contributed by atoms with Gasteiger partial charge in [-0.05, 0) is 20.8 Å². The van der Waals surface area contributed by atoms with Crippen LogP contribution in [-0.4, -0.2) is 21.8 Å². The van der Waals surface area contributed by atoms with Crippen LogP contribution in [0.2, 0.25) is 0 Å². The van der Waals surface area contributed by atoms with Crippen molar-refractivity contribution in [2.45, 2.75) is 46.0 Å². The molecule has 1 aliphatic heterocycles. The molecule has 0 unspecified atom stereocenters. The molecule has 0 aliphatic carbocycles. The first kappa shape index (κ1) is 11.9. The standard InChI is InChI=1S/C11H17N3O3/c1-11(2,3)16-10(15)14-5-7-8(4-12)13-17-9(7)6-14/h4-6,12H2,1-3H3. The number of aromatic nitrogens is 1. The molecule has 0 aromatic carbocycles. The zero-order valence-corrected chi connectivity index (χ0v) is 10.3. The summed E-state index contributed by atoms with van der Waals surface area (Å²) in [5.41, 5.74) is 6.67. The minimum Gasteiger partial charge on any atom is -0.444 e. The molecule has 1 aromatic heterocycles. The van der Waals surface area contributed by atoms with Crippen LogP contribution in [0.4, 0.5) is 4.79 Å². The summed E-state index contributed by atoms with van der Waals surface area (Å²) in [6.45, 7) is 6.70. The van der Waals surface area contributed by atoms with Crippen molar-refractivity contribution in [3.63, 3.8) is 0 Å². The van der Waals surface area contributed by atoms with Crippen LogP contribution < -0.4 is 5.73 Å². The van der Waals surface area contributed by atoms with Gasteiger partial charge in [0, 0.05) is 12.1 Å². The van der Waals surface area contributed by atoms with Crippen molar-refractivity contribution in [3.05, 3.63) is 17.0 Å². The predicted molar refractivity (Wildman–Crippen MR) is 59.9 cm³/mol. The smallest absolute Gasteiger partial charge is 0.411 e. The summed E-state index contributed by atoms with van der Waals surface area (Å²) in [6.07, 6.45) is -0.341. The molecule has 2 rings (SSSR count). The average molecular weight is 239 g/mol. The number of hydrogen-bond acceptors (Lipinski definition) is 5. The maximum atomic E-state index is 11.8. The SMILES string of the molecule is CC(C)(C)OC(=O)N1Cc2onc(CN)c2C1. The Balaban J connectivity index is 2.05. The number of nitrogens with two attached hydrogens (primary N) is 1. The van der Waals surface area contributed by atoms with E-state index in [-0.39, 0.29) is 6.09 Å². The van der Waals surface area contributed by atoms with Gasteiger partial charge in [-0.1, -0.05) is 5.16 Å². The average Bonchev–Trinajstić information content (AvgIpc) is 2.72. The number of carbonyl (C=O) groups is 1. The van der Waals surface area contributed by atoms with Crippen LogP contribution in [0.15, 0.2) is 4.52 Å². The lowest BCUT2D eigenvalue weighted by Gasteiger charge is -2.23. The molecular weight excluding hydrogens is 222 g/mol. The van der Waals surface area contributed by atoms with E-state index in [4.69, 9.17) is 15.0 Å². The van der Waals surface area contributed by atoms with Crippen LogP contribution in [0.3, 0.4) is 0 Å². The Kier molecular flexibility index (Phi) is 2.82. The summed E-state index contributed by atoms with van der Waals surface area (Å²) in [5.74, 6) is 0.705. The first-order valence-electron chi connectivity index (χ1n) is 5.55. The summed E-state index contributed by atoms with van der Waals surface area (Å²) < 4.78 is 10.4. The van der Waals surface area contributed by atoms with Gasteiger partial charge in [0.2, 0.25) is 0 Å². The minimum absolute atomic E-state index is 0.320. The van der Waals surface area contributed by atoms with Gasteiger partial charge in [-0.25, -0.2) is 4.79 Å². The van der Waals surface area contributed by atoms with Crippen LogP contribution in [-0.2, 0) is 24.4 Å². The maximum Gasteiger partial charge on any atom is 0.411 e. The molecule has 0 bridgehead atoms. The lowest BCUT2D eigenvalue weighted by Crippen LogP contribution is -2.33. The van der Waals surface area contributed by atoms with Crippen LogP contribution in [0.25, 0.3) is 0 Å². The molecule has 0 atom stereocenters. The third-order valence-electron chi connectivity index (χ3n) is 2.48. The predicted octanol–water partition coefficient (Wildman–Crippen LogP) is 1.38. The lowest BCUT2D eigenvalue weighted by molar-refractivity contribution is 0.0230. The highest BCUT2D eigenvalue weighted by molar-refractivity contribution is 5.69. The highest BCUT2D eigenvalue weighted by Gasteiger charge is 2.32. The Hall–Kier alpha value is -1.56. The van der Waals surface area contributed by atoms with Crippen LogP contribution in [0.1, 0.15) is 37.8 Å². The van der Waals surface area contributed by atoms with Gasteiger partial charge in [0.1, 0.15) is 11.3 Å². The van der Waals surface area contributed by atoms with E-state index in [1.165, 1.54) is 0 Å². The molecule has 0 saturated heterocycles. The first-order valence-corrected chi connectivity index (χ1v) is 5.55. The van der Waals surface area contributed by atoms with Crippen molar-refractivity contribution in [3.8, 4) is 0 Å². The lowest BCUT2D eigenvalue weighted by atomic mass is 10.2. The van der Waals surface area contributed by atoms with Crippen molar-refractivity contribution >= 4 is 6.09 Å². The summed E-state index contributed by atoms with van der Waals surface area (Å²) in [4.78, 5) is 13.4. The quantitative estimate of drug-likeness (QED) is 0.800. The van der Waals surface area contributed by atoms with Gasteiger partial charge in [-0.3, -0.25) is 4.90 Å². The highest BCUT2D eigenvalue weighted by atomic mass is 16.6. The molecule has 0 spiro atoms. The topological polar surface area (TPSA) is 81.6 Å². The van der Waals surface area contributed by atoms with Crippen molar-refractivity contribution in [2.24, 2.45) is 5.73 Å². The van der Waals surface area contributed by atoms with Gasteiger partial charge in [0.05, 0.1) is 13.1 Å². The maximum absolute atomic E-state index is 11.8. The Morgan fingerprint density at radius 3 is 2.82 bits per heavy atom. The molecule has 1 amide bonds. The third-order valence-corrected chi connectivity index (χ3v) is 2.48. The Morgan fingerprint density at radius 2 is 2.24 bits per heavy atom. The van der Waals surface area contributed by atoms with Gasteiger partial charge in [-0.15, -0.1) is 0 Å². The molecule has 94 valence electrons. The molecule has 6 heteroatoms. The summed E-state index contributed by atoms with van der Waals surface area (Å²) in [7, 11) is 0. The van der Waals surface area contributed by atoms with Crippen molar-refractivity contribution in [1.82, 2.24) is 10.1 Å². The molecule has 6 nitrogen and oxygen atoms in total. The fraction of sp³-hybridized carbons (Fsp3) is 0.636. The number of hydrogen-bond donors (Lipinski definition) is 1. The molecule has 1 aliphatic rings. The molecular formula is C11H17N3O3. The summed E-state index contributed by atoms with van der Waals surface area (Å²) >= 11 is 0. The number of carbonyl (C=O) groups excluding carboxylic acids is 1. The van der Waals surface area contributed by atoms with Crippen LogP contribution >= 0.6 is 0 Å². The third kappa shape index (κ3) is 2.41. The number of ether oxygens (including phenoxy) is 1. The summed E-state index contributed by atoms with van der Waals surface area (Å²) in [6, 6.07) is 0. The summed E-state index contributed by atoms with van der Waals surface area (Å²) in [5, 5.41) is 3.85. The highest BCUT2D eigenvalue weighted by Crippen LogP contribution is 2.26. The molecule has 0 fully saturated rings. The van der Waals surface area contributed by atoms with Gasteiger partial charge >= 0.3 is 6.09 Å². The van der Waals surface area contributed by atoms with Crippen LogP contribution in [0.5, 0.6) is 0 Å². The van der Waals surface area contributed by atoms with Gasteiger partial charge < -0.3 is 15.0 Å². The number of fused-ring (bicyclic) bond motifs is 1. The second kappa shape index (κ2) is 4.03. The van der Waals surface area contributed by atoms with E-state index >= 15 is 0 Å².